The second-order valence-corrected chi connectivity index (χ2v) is 7.37. The minimum absolute atomic E-state index is 0.344. The van der Waals surface area contributed by atoms with Crippen molar-refractivity contribution in [2.45, 2.75) is 5.60 Å². The van der Waals surface area contributed by atoms with Crippen LogP contribution in [0.15, 0.2) is 60.7 Å². The van der Waals surface area contributed by atoms with Crippen LogP contribution in [0.2, 0.25) is 0 Å². The lowest BCUT2D eigenvalue weighted by molar-refractivity contribution is -0.136. The van der Waals surface area contributed by atoms with E-state index in [1.165, 1.54) is 0 Å². The van der Waals surface area contributed by atoms with Gasteiger partial charge in [0.15, 0.2) is 5.60 Å². The van der Waals surface area contributed by atoms with E-state index in [0.717, 1.165) is 13.1 Å². The lowest BCUT2D eigenvalue weighted by Gasteiger charge is -2.28. The number of hydrogen-bond donors (Lipinski definition) is 2. The highest BCUT2D eigenvalue weighted by Crippen LogP contribution is 2.50. The van der Waals surface area contributed by atoms with Crippen molar-refractivity contribution in [3.63, 3.8) is 0 Å². The van der Waals surface area contributed by atoms with E-state index in [1.807, 2.05) is 36.4 Å². The first kappa shape index (κ1) is 16.3. The Labute approximate surface area is 148 Å². The van der Waals surface area contributed by atoms with Crippen molar-refractivity contribution in [1.29, 1.82) is 0 Å². The molecule has 0 bridgehead atoms. The molecule has 2 aromatic rings. The summed E-state index contributed by atoms with van der Waals surface area (Å²) in [6.45, 7) is 2.88. The van der Waals surface area contributed by atoms with Gasteiger partial charge in [0.2, 0.25) is 0 Å². The molecule has 2 unspecified atom stereocenters. The Hall–Kier alpha value is -2.17. The zero-order chi connectivity index (χ0) is 17.4. The zero-order valence-electron chi connectivity index (χ0n) is 14.4. The van der Waals surface area contributed by atoms with Gasteiger partial charge in [-0.25, -0.2) is 0 Å². The van der Waals surface area contributed by atoms with Crippen LogP contribution in [0.4, 0.5) is 0 Å². The highest BCUT2D eigenvalue weighted by atomic mass is 16.3. The average Bonchev–Trinajstić information content (AvgIpc) is 3.12. The fourth-order valence-corrected chi connectivity index (χ4v) is 4.29. The van der Waals surface area contributed by atoms with E-state index in [9.17, 15) is 9.90 Å². The van der Waals surface area contributed by atoms with Crippen molar-refractivity contribution in [2.75, 3.05) is 26.7 Å². The molecule has 1 amide bonds. The predicted octanol–water partition coefficient (Wildman–Crippen LogP) is 1.85. The molecule has 1 saturated carbocycles. The monoisotopic (exact) mass is 336 g/mol. The molecule has 2 atom stereocenters. The van der Waals surface area contributed by atoms with E-state index in [2.05, 4.69) is 17.3 Å². The van der Waals surface area contributed by atoms with Gasteiger partial charge in [-0.1, -0.05) is 60.7 Å². The number of likely N-dealkylation sites (tertiary alicyclic amines) is 1. The van der Waals surface area contributed by atoms with Gasteiger partial charge in [0.1, 0.15) is 0 Å². The molecule has 130 valence electrons. The number of fused-ring (bicyclic) bond motifs is 1. The molecule has 2 fully saturated rings. The van der Waals surface area contributed by atoms with Gasteiger partial charge in [-0.3, -0.25) is 4.79 Å². The third-order valence-electron chi connectivity index (χ3n) is 5.76. The van der Waals surface area contributed by atoms with Crippen LogP contribution < -0.4 is 5.32 Å². The fraction of sp³-hybridized carbons (Fsp3) is 0.381. The van der Waals surface area contributed by atoms with Crippen LogP contribution in [0, 0.1) is 17.8 Å². The summed E-state index contributed by atoms with van der Waals surface area (Å²) in [5, 5.41) is 14.4. The highest BCUT2D eigenvalue weighted by molar-refractivity contribution is 5.90. The first-order valence-corrected chi connectivity index (χ1v) is 8.91. The van der Waals surface area contributed by atoms with Gasteiger partial charge in [-0.2, -0.15) is 0 Å². The lowest BCUT2D eigenvalue weighted by Crippen LogP contribution is -2.46. The Balaban J connectivity index is 1.53. The highest BCUT2D eigenvalue weighted by Gasteiger charge is 2.54. The van der Waals surface area contributed by atoms with Crippen LogP contribution in [0.5, 0.6) is 0 Å². The fourth-order valence-electron chi connectivity index (χ4n) is 4.29. The van der Waals surface area contributed by atoms with Crippen LogP contribution in [0.25, 0.3) is 0 Å². The van der Waals surface area contributed by atoms with E-state index >= 15 is 0 Å². The predicted molar refractivity (Wildman–Crippen MR) is 96.9 cm³/mol. The summed E-state index contributed by atoms with van der Waals surface area (Å²) in [4.78, 5) is 15.4. The van der Waals surface area contributed by atoms with Crippen LogP contribution in [0.3, 0.4) is 0 Å². The number of aliphatic hydroxyl groups is 1. The molecule has 0 spiro atoms. The molecule has 1 aliphatic carbocycles. The quantitative estimate of drug-likeness (QED) is 0.876. The normalized spacial score (nSPS) is 25.4. The van der Waals surface area contributed by atoms with Crippen LogP contribution in [-0.4, -0.2) is 42.6 Å². The number of benzene rings is 2. The van der Waals surface area contributed by atoms with Crippen molar-refractivity contribution in [3.05, 3.63) is 71.8 Å². The second-order valence-electron chi connectivity index (χ2n) is 7.37. The maximum absolute atomic E-state index is 13.0. The van der Waals surface area contributed by atoms with Gasteiger partial charge in [0.25, 0.3) is 5.91 Å². The van der Waals surface area contributed by atoms with Crippen molar-refractivity contribution in [1.82, 2.24) is 10.2 Å². The maximum Gasteiger partial charge on any atom is 0.261 e. The standard InChI is InChI=1S/C21H24N2O2/c1-23-13-18-17(19(18)14-23)12-22-20(24)21(25,15-8-4-2-5-9-15)16-10-6-3-7-11-16/h2-11,17-19,25H,12-14H2,1H3,(H,22,24). The molecule has 2 N–H and O–H groups in total. The summed E-state index contributed by atoms with van der Waals surface area (Å²) >= 11 is 0. The van der Waals surface area contributed by atoms with Crippen LogP contribution in [-0.2, 0) is 10.4 Å². The van der Waals surface area contributed by atoms with Crippen molar-refractivity contribution < 1.29 is 9.90 Å². The van der Waals surface area contributed by atoms with E-state index in [0.29, 0.717) is 35.4 Å². The maximum atomic E-state index is 13.0. The summed E-state index contributed by atoms with van der Waals surface area (Å²) in [5.41, 5.74) is -0.479. The Morgan fingerprint density at radius 3 is 2.00 bits per heavy atom. The Morgan fingerprint density at radius 1 is 1.04 bits per heavy atom. The van der Waals surface area contributed by atoms with Gasteiger partial charge in [0.05, 0.1) is 0 Å². The minimum atomic E-state index is -1.66. The molecule has 0 aromatic heterocycles. The smallest absolute Gasteiger partial charge is 0.261 e. The molecular weight excluding hydrogens is 312 g/mol. The van der Waals surface area contributed by atoms with Gasteiger partial charge in [-0.15, -0.1) is 0 Å². The molecule has 1 saturated heterocycles. The summed E-state index contributed by atoms with van der Waals surface area (Å²) in [6, 6.07) is 18.3. The zero-order valence-corrected chi connectivity index (χ0v) is 14.4. The number of carbonyl (C=O) groups excluding carboxylic acids is 1. The van der Waals surface area contributed by atoms with Gasteiger partial charge in [0, 0.05) is 19.6 Å². The molecule has 4 nitrogen and oxygen atoms in total. The van der Waals surface area contributed by atoms with E-state index in [-0.39, 0.29) is 5.91 Å². The van der Waals surface area contributed by atoms with Gasteiger partial charge < -0.3 is 15.3 Å². The van der Waals surface area contributed by atoms with Gasteiger partial charge >= 0.3 is 0 Å². The SMILES string of the molecule is CN1CC2C(CNC(=O)C(O)(c3ccccc3)c3ccccc3)C2C1. The molecule has 0 radical (unpaired) electrons. The second kappa shape index (κ2) is 6.28. The molecule has 1 heterocycles. The van der Waals surface area contributed by atoms with Gasteiger partial charge in [-0.05, 0) is 35.9 Å². The third kappa shape index (κ3) is 2.86. The number of piperidine rings is 1. The number of hydrogen-bond acceptors (Lipinski definition) is 3. The lowest BCUT2D eigenvalue weighted by atomic mass is 9.85. The Kier molecular flexibility index (Phi) is 4.10. The Morgan fingerprint density at radius 2 is 1.52 bits per heavy atom. The number of amides is 1. The van der Waals surface area contributed by atoms with Crippen molar-refractivity contribution in [2.24, 2.45) is 17.8 Å². The summed E-state index contributed by atoms with van der Waals surface area (Å²) < 4.78 is 0. The van der Waals surface area contributed by atoms with E-state index in [4.69, 9.17) is 0 Å². The van der Waals surface area contributed by atoms with Crippen LogP contribution >= 0.6 is 0 Å². The number of nitrogens with zero attached hydrogens (tertiary/aromatic N) is 1. The molecular formula is C21H24N2O2. The minimum Gasteiger partial charge on any atom is -0.372 e. The topological polar surface area (TPSA) is 52.6 Å². The first-order valence-electron chi connectivity index (χ1n) is 8.91. The molecule has 4 rings (SSSR count). The summed E-state index contributed by atoms with van der Waals surface area (Å²) in [5.74, 6) is 1.61. The number of carbonyl (C=O) groups is 1. The summed E-state index contributed by atoms with van der Waals surface area (Å²) in [7, 11) is 2.14. The number of nitrogens with one attached hydrogen (secondary N) is 1. The summed E-state index contributed by atoms with van der Waals surface area (Å²) in [6.07, 6.45) is 0. The molecule has 2 aromatic carbocycles. The largest absolute Gasteiger partial charge is 0.372 e. The average molecular weight is 336 g/mol. The van der Waals surface area contributed by atoms with Crippen LogP contribution in [0.1, 0.15) is 11.1 Å². The van der Waals surface area contributed by atoms with E-state index in [1.54, 1.807) is 24.3 Å². The molecule has 2 aliphatic rings. The Bertz CT molecular complexity index is 696. The molecule has 1 aliphatic heterocycles. The van der Waals surface area contributed by atoms with E-state index < -0.39 is 5.60 Å². The third-order valence-corrected chi connectivity index (χ3v) is 5.76. The number of rotatable bonds is 5. The van der Waals surface area contributed by atoms with Crippen molar-refractivity contribution >= 4 is 5.91 Å². The molecule has 25 heavy (non-hydrogen) atoms. The molecule has 4 heteroatoms. The van der Waals surface area contributed by atoms with Crippen molar-refractivity contribution in [3.8, 4) is 0 Å². The first-order chi connectivity index (χ1) is 12.1.